The van der Waals surface area contributed by atoms with E-state index >= 15 is 0 Å². The fraction of sp³-hybridized carbons (Fsp3) is 0.111. The van der Waals surface area contributed by atoms with Crippen molar-refractivity contribution in [1.82, 2.24) is 0 Å². The van der Waals surface area contributed by atoms with Crippen molar-refractivity contribution in [3.05, 3.63) is 58.5 Å². The molecule has 0 radical (unpaired) electrons. The molecule has 1 amide bonds. The van der Waals surface area contributed by atoms with Gasteiger partial charge in [0.15, 0.2) is 5.76 Å². The van der Waals surface area contributed by atoms with Gasteiger partial charge in [0, 0.05) is 18.2 Å². The van der Waals surface area contributed by atoms with Gasteiger partial charge in [0.1, 0.15) is 11.4 Å². The Morgan fingerprint density at radius 3 is 2.50 bits per heavy atom. The lowest BCUT2D eigenvalue weighted by atomic mass is 10.1. The first kappa shape index (κ1) is 15.7. The van der Waals surface area contributed by atoms with Gasteiger partial charge in [-0.15, -0.1) is 0 Å². The Morgan fingerprint density at radius 2 is 1.88 bits per heavy atom. The number of fused-ring (bicyclic) bond motifs is 1. The van der Waals surface area contributed by atoms with Crippen LogP contribution in [0.1, 0.15) is 6.92 Å². The number of hydrogen-bond donors (Lipinski definition) is 1. The zero-order valence-corrected chi connectivity index (χ0v) is 13.1. The molecule has 0 saturated heterocycles. The molecule has 1 N–H and O–H groups in total. The lowest BCUT2D eigenvalue weighted by molar-refractivity contribution is -0.114. The van der Waals surface area contributed by atoms with Gasteiger partial charge >= 0.3 is 0 Å². The third kappa shape index (κ3) is 2.86. The molecule has 0 aliphatic rings. The zero-order chi connectivity index (χ0) is 17.3. The summed E-state index contributed by atoms with van der Waals surface area (Å²) < 4.78 is 24.1. The summed E-state index contributed by atoms with van der Waals surface area (Å²) in [4.78, 5) is 23.8. The van der Waals surface area contributed by atoms with Crippen LogP contribution in [0.25, 0.3) is 22.3 Å². The minimum Gasteiger partial charge on any atom is -0.490 e. The molecule has 0 atom stereocenters. The standard InChI is InChI=1S/C18H14FNO4/c1-10(21)20-13-7-8-15-14(9-13)16(22)18(23-2)17(24-15)11-3-5-12(19)6-4-11/h3-9H,1-2H3,(H,20,21). The summed E-state index contributed by atoms with van der Waals surface area (Å²) in [5.74, 6) is -0.384. The van der Waals surface area contributed by atoms with Crippen LogP contribution in [0.2, 0.25) is 0 Å². The maximum absolute atomic E-state index is 13.1. The number of hydrogen-bond acceptors (Lipinski definition) is 4. The maximum atomic E-state index is 13.1. The van der Waals surface area contributed by atoms with E-state index in [0.717, 1.165) is 0 Å². The molecular formula is C18H14FNO4. The number of carbonyl (C=O) groups excluding carboxylic acids is 1. The summed E-state index contributed by atoms with van der Waals surface area (Å²) in [7, 11) is 1.36. The first-order valence-corrected chi connectivity index (χ1v) is 7.18. The molecule has 5 nitrogen and oxygen atoms in total. The topological polar surface area (TPSA) is 68.5 Å². The van der Waals surface area contributed by atoms with Gasteiger partial charge in [-0.05, 0) is 42.5 Å². The van der Waals surface area contributed by atoms with Crippen LogP contribution in [-0.2, 0) is 4.79 Å². The molecule has 0 aliphatic carbocycles. The van der Waals surface area contributed by atoms with Crippen LogP contribution in [0.3, 0.4) is 0 Å². The number of carbonyl (C=O) groups is 1. The number of anilines is 1. The number of benzene rings is 2. The molecule has 0 bridgehead atoms. The van der Waals surface area contributed by atoms with E-state index in [1.54, 1.807) is 12.1 Å². The van der Waals surface area contributed by atoms with E-state index in [-0.39, 0.29) is 34.0 Å². The van der Waals surface area contributed by atoms with Crippen molar-refractivity contribution < 1.29 is 18.3 Å². The van der Waals surface area contributed by atoms with Gasteiger partial charge in [0.25, 0.3) is 0 Å². The number of ether oxygens (including phenoxy) is 1. The molecule has 6 heteroatoms. The second kappa shape index (κ2) is 6.16. The van der Waals surface area contributed by atoms with Gasteiger partial charge in [0.2, 0.25) is 17.1 Å². The summed E-state index contributed by atoms with van der Waals surface area (Å²) >= 11 is 0. The summed E-state index contributed by atoms with van der Waals surface area (Å²) in [6.45, 7) is 1.38. The highest BCUT2D eigenvalue weighted by Gasteiger charge is 2.17. The molecule has 0 saturated carbocycles. The third-order valence-corrected chi connectivity index (χ3v) is 3.48. The molecule has 1 heterocycles. The van der Waals surface area contributed by atoms with Crippen molar-refractivity contribution in [1.29, 1.82) is 0 Å². The molecule has 3 aromatic rings. The van der Waals surface area contributed by atoms with Crippen LogP contribution >= 0.6 is 0 Å². The van der Waals surface area contributed by atoms with Crippen LogP contribution in [0.4, 0.5) is 10.1 Å². The Hall–Kier alpha value is -3.15. The molecule has 0 spiro atoms. The van der Waals surface area contributed by atoms with Crippen molar-refractivity contribution >= 4 is 22.6 Å². The van der Waals surface area contributed by atoms with E-state index in [9.17, 15) is 14.0 Å². The van der Waals surface area contributed by atoms with Gasteiger partial charge in [-0.25, -0.2) is 4.39 Å². The Kier molecular flexibility index (Phi) is 4.04. The van der Waals surface area contributed by atoms with E-state index in [1.807, 2.05) is 0 Å². The second-order valence-corrected chi connectivity index (χ2v) is 5.19. The molecule has 122 valence electrons. The first-order valence-electron chi connectivity index (χ1n) is 7.18. The van der Waals surface area contributed by atoms with Crippen LogP contribution in [0, 0.1) is 5.82 Å². The van der Waals surface area contributed by atoms with Crippen molar-refractivity contribution in [2.24, 2.45) is 0 Å². The average molecular weight is 327 g/mol. The van der Waals surface area contributed by atoms with Crippen molar-refractivity contribution in [2.45, 2.75) is 6.92 Å². The van der Waals surface area contributed by atoms with E-state index < -0.39 is 0 Å². The Bertz CT molecular complexity index is 977. The predicted octanol–water partition coefficient (Wildman–Crippen LogP) is 3.57. The average Bonchev–Trinajstić information content (AvgIpc) is 2.55. The predicted molar refractivity (Wildman–Crippen MR) is 88.7 cm³/mol. The summed E-state index contributed by atoms with van der Waals surface area (Å²) in [6.07, 6.45) is 0. The lowest BCUT2D eigenvalue weighted by Gasteiger charge is -2.10. The van der Waals surface area contributed by atoms with Crippen molar-refractivity contribution in [2.75, 3.05) is 12.4 Å². The number of nitrogens with one attached hydrogen (secondary N) is 1. The van der Waals surface area contributed by atoms with Crippen LogP contribution in [0.5, 0.6) is 5.75 Å². The smallest absolute Gasteiger partial charge is 0.235 e. The largest absolute Gasteiger partial charge is 0.490 e. The number of methoxy groups -OCH3 is 1. The minimum absolute atomic E-state index is 0.0223. The third-order valence-electron chi connectivity index (χ3n) is 3.48. The molecule has 0 fully saturated rings. The van der Waals surface area contributed by atoms with Crippen LogP contribution in [-0.4, -0.2) is 13.0 Å². The molecule has 1 aromatic heterocycles. The molecule has 24 heavy (non-hydrogen) atoms. The maximum Gasteiger partial charge on any atom is 0.235 e. The number of amides is 1. The van der Waals surface area contributed by atoms with Gasteiger partial charge in [-0.2, -0.15) is 0 Å². The second-order valence-electron chi connectivity index (χ2n) is 5.19. The normalized spacial score (nSPS) is 10.6. The molecule has 2 aromatic carbocycles. The zero-order valence-electron chi connectivity index (χ0n) is 13.1. The monoisotopic (exact) mass is 327 g/mol. The van der Waals surface area contributed by atoms with Crippen molar-refractivity contribution in [3.63, 3.8) is 0 Å². The Balaban J connectivity index is 2.23. The van der Waals surface area contributed by atoms with E-state index in [0.29, 0.717) is 16.8 Å². The molecule has 3 rings (SSSR count). The van der Waals surface area contributed by atoms with E-state index in [2.05, 4.69) is 5.32 Å². The van der Waals surface area contributed by atoms with E-state index in [4.69, 9.17) is 9.15 Å². The van der Waals surface area contributed by atoms with Gasteiger partial charge in [-0.1, -0.05) is 0 Å². The highest BCUT2D eigenvalue weighted by Crippen LogP contribution is 2.31. The number of rotatable bonds is 3. The highest BCUT2D eigenvalue weighted by atomic mass is 19.1. The van der Waals surface area contributed by atoms with Crippen molar-refractivity contribution in [3.8, 4) is 17.1 Å². The Morgan fingerprint density at radius 1 is 1.17 bits per heavy atom. The molecule has 0 unspecified atom stereocenters. The summed E-state index contributed by atoms with van der Waals surface area (Å²) in [5.41, 5.74) is 0.983. The SMILES string of the molecule is COc1c(-c2ccc(F)cc2)oc2ccc(NC(C)=O)cc2c1=O. The Labute approximate surface area is 136 Å². The quantitative estimate of drug-likeness (QED) is 0.798. The molecule has 0 aliphatic heterocycles. The fourth-order valence-electron chi connectivity index (χ4n) is 2.44. The van der Waals surface area contributed by atoms with Gasteiger partial charge in [0.05, 0.1) is 12.5 Å². The molecular weight excluding hydrogens is 313 g/mol. The lowest BCUT2D eigenvalue weighted by Crippen LogP contribution is -2.09. The van der Waals surface area contributed by atoms with Crippen LogP contribution in [0.15, 0.2) is 51.7 Å². The van der Waals surface area contributed by atoms with Gasteiger partial charge in [-0.3, -0.25) is 9.59 Å². The minimum atomic E-state index is -0.388. The van der Waals surface area contributed by atoms with Crippen LogP contribution < -0.4 is 15.5 Å². The number of halogens is 1. The van der Waals surface area contributed by atoms with Gasteiger partial charge < -0.3 is 14.5 Å². The fourth-order valence-corrected chi connectivity index (χ4v) is 2.44. The van der Waals surface area contributed by atoms with E-state index in [1.165, 1.54) is 44.4 Å². The highest BCUT2D eigenvalue weighted by molar-refractivity contribution is 5.92. The summed E-state index contributed by atoms with van der Waals surface area (Å²) in [6, 6.07) is 10.3. The first-order chi connectivity index (χ1) is 11.5. The summed E-state index contributed by atoms with van der Waals surface area (Å²) in [5, 5.41) is 2.89.